The van der Waals surface area contributed by atoms with Gasteiger partial charge in [-0.3, -0.25) is 4.79 Å². The maximum Gasteiger partial charge on any atom is 0.341 e. The van der Waals surface area contributed by atoms with E-state index in [4.69, 9.17) is 9.84 Å². The van der Waals surface area contributed by atoms with E-state index in [1.54, 1.807) is 24.3 Å². The van der Waals surface area contributed by atoms with E-state index in [1.165, 1.54) is 11.3 Å². The van der Waals surface area contributed by atoms with Crippen LogP contribution in [0.15, 0.2) is 24.3 Å². The number of thiazole rings is 1. The number of ether oxygens (including phenoxy) is 1. The van der Waals surface area contributed by atoms with E-state index < -0.39 is 12.6 Å². The van der Waals surface area contributed by atoms with Crippen molar-refractivity contribution in [2.75, 3.05) is 25.0 Å². The molecule has 2 heterocycles. The van der Waals surface area contributed by atoms with Crippen LogP contribution < -0.4 is 15.4 Å². The molecule has 146 valence electrons. The summed E-state index contributed by atoms with van der Waals surface area (Å²) in [5.74, 6) is -0.355. The van der Waals surface area contributed by atoms with Gasteiger partial charge in [-0.1, -0.05) is 0 Å². The number of carboxylic acids is 1. The molecule has 1 saturated heterocycles. The quantitative estimate of drug-likeness (QED) is 0.675. The highest BCUT2D eigenvalue weighted by Crippen LogP contribution is 2.31. The second kappa shape index (κ2) is 9.68. The van der Waals surface area contributed by atoms with Crippen LogP contribution in [0, 0.1) is 6.92 Å². The normalized spacial score (nSPS) is 14.3. The Labute approximate surface area is 167 Å². The second-order valence-electron chi connectivity index (χ2n) is 6.15. The monoisotopic (exact) mass is 411 g/mol. The third kappa shape index (κ3) is 5.66. The highest BCUT2D eigenvalue weighted by atomic mass is 35.5. The minimum atomic E-state index is -1.03. The number of nitrogens with one attached hydrogen (secondary N) is 2. The topological polar surface area (TPSA) is 101 Å². The van der Waals surface area contributed by atoms with Gasteiger partial charge in [0, 0.05) is 11.6 Å². The van der Waals surface area contributed by atoms with Crippen LogP contribution in [-0.2, 0) is 4.79 Å². The molecule has 1 aliphatic rings. The third-order valence-corrected chi connectivity index (χ3v) is 5.50. The molecular formula is C18H22ClN3O4S. The van der Waals surface area contributed by atoms with E-state index >= 15 is 0 Å². The van der Waals surface area contributed by atoms with Gasteiger partial charge in [-0.25, -0.2) is 9.78 Å². The van der Waals surface area contributed by atoms with Crippen molar-refractivity contribution in [1.82, 2.24) is 10.3 Å². The molecular weight excluding hydrogens is 390 g/mol. The zero-order chi connectivity index (χ0) is 18.5. The first-order valence-corrected chi connectivity index (χ1v) is 9.28. The Morgan fingerprint density at radius 3 is 2.59 bits per heavy atom. The van der Waals surface area contributed by atoms with E-state index in [0.29, 0.717) is 22.2 Å². The van der Waals surface area contributed by atoms with Gasteiger partial charge in [0.1, 0.15) is 10.6 Å². The Morgan fingerprint density at radius 2 is 1.96 bits per heavy atom. The van der Waals surface area contributed by atoms with Crippen LogP contribution in [0.3, 0.4) is 0 Å². The summed E-state index contributed by atoms with van der Waals surface area (Å²) in [5, 5.41) is 15.8. The fourth-order valence-electron chi connectivity index (χ4n) is 2.84. The van der Waals surface area contributed by atoms with Gasteiger partial charge in [0.25, 0.3) is 5.91 Å². The van der Waals surface area contributed by atoms with Gasteiger partial charge in [-0.05, 0) is 57.1 Å². The lowest BCUT2D eigenvalue weighted by Crippen LogP contribution is -2.26. The molecule has 0 bridgehead atoms. The van der Waals surface area contributed by atoms with Crippen LogP contribution >= 0.6 is 23.7 Å². The molecule has 3 N–H and O–H groups in total. The van der Waals surface area contributed by atoms with Crippen LogP contribution in [0.5, 0.6) is 5.75 Å². The molecule has 9 heteroatoms. The number of aryl methyl sites for hydroxylation is 1. The predicted octanol–water partition coefficient (Wildman–Crippen LogP) is 3.06. The maximum absolute atomic E-state index is 12.6. The molecule has 2 aromatic rings. The molecule has 3 rings (SSSR count). The SMILES string of the molecule is Cc1nc(C2CCNCC2)sc1C(=O)Nc1ccc(OCC(=O)O)cc1.Cl. The molecule has 27 heavy (non-hydrogen) atoms. The average Bonchev–Trinajstić information content (AvgIpc) is 3.04. The van der Waals surface area contributed by atoms with Gasteiger partial charge in [-0.15, -0.1) is 23.7 Å². The lowest BCUT2D eigenvalue weighted by atomic mass is 9.99. The number of hydrogen-bond acceptors (Lipinski definition) is 6. The first-order valence-electron chi connectivity index (χ1n) is 8.47. The van der Waals surface area contributed by atoms with Gasteiger partial charge in [0.2, 0.25) is 0 Å². The van der Waals surface area contributed by atoms with Gasteiger partial charge in [-0.2, -0.15) is 0 Å². The number of aromatic nitrogens is 1. The number of carbonyl (C=O) groups is 2. The summed E-state index contributed by atoms with van der Waals surface area (Å²) < 4.78 is 5.08. The Balaban J connectivity index is 0.00000261. The van der Waals surface area contributed by atoms with E-state index in [9.17, 15) is 9.59 Å². The molecule has 0 saturated carbocycles. The first kappa shape index (κ1) is 21.1. The Morgan fingerprint density at radius 1 is 1.30 bits per heavy atom. The predicted molar refractivity (Wildman–Crippen MR) is 106 cm³/mol. The van der Waals surface area contributed by atoms with Crippen molar-refractivity contribution in [3.05, 3.63) is 39.8 Å². The zero-order valence-electron chi connectivity index (χ0n) is 14.9. The van der Waals surface area contributed by atoms with E-state index in [2.05, 4.69) is 15.6 Å². The Kier molecular flexibility index (Phi) is 7.58. The van der Waals surface area contributed by atoms with Crippen molar-refractivity contribution in [2.45, 2.75) is 25.7 Å². The Bertz CT molecular complexity index is 788. The summed E-state index contributed by atoms with van der Waals surface area (Å²) in [6.45, 7) is 3.44. The van der Waals surface area contributed by atoms with Crippen LogP contribution in [-0.4, -0.2) is 41.7 Å². The van der Waals surface area contributed by atoms with Crippen molar-refractivity contribution in [3.8, 4) is 5.75 Å². The summed E-state index contributed by atoms with van der Waals surface area (Å²) >= 11 is 1.47. The largest absolute Gasteiger partial charge is 0.482 e. The smallest absolute Gasteiger partial charge is 0.341 e. The lowest BCUT2D eigenvalue weighted by molar-refractivity contribution is -0.139. The van der Waals surface area contributed by atoms with Gasteiger partial charge >= 0.3 is 5.97 Å². The number of halogens is 1. The molecule has 0 atom stereocenters. The Hall–Kier alpha value is -2.16. The van der Waals surface area contributed by atoms with Crippen LogP contribution in [0.4, 0.5) is 5.69 Å². The van der Waals surface area contributed by atoms with Crippen LogP contribution in [0.25, 0.3) is 0 Å². The zero-order valence-corrected chi connectivity index (χ0v) is 16.5. The van der Waals surface area contributed by atoms with Gasteiger partial charge in [0.15, 0.2) is 6.61 Å². The summed E-state index contributed by atoms with van der Waals surface area (Å²) in [6.07, 6.45) is 2.09. The molecule has 1 aromatic heterocycles. The summed E-state index contributed by atoms with van der Waals surface area (Å²) in [4.78, 5) is 28.3. The van der Waals surface area contributed by atoms with Crippen LogP contribution in [0.1, 0.15) is 39.1 Å². The van der Waals surface area contributed by atoms with Crippen molar-refractivity contribution in [3.63, 3.8) is 0 Å². The maximum atomic E-state index is 12.6. The minimum Gasteiger partial charge on any atom is -0.482 e. The van der Waals surface area contributed by atoms with Gasteiger partial charge < -0.3 is 20.5 Å². The molecule has 0 radical (unpaired) electrons. The van der Waals surface area contributed by atoms with E-state index in [1.807, 2.05) is 6.92 Å². The molecule has 0 unspecified atom stereocenters. The number of hydrogen-bond donors (Lipinski definition) is 3. The first-order chi connectivity index (χ1) is 12.5. The van der Waals surface area contributed by atoms with Gasteiger partial charge in [0.05, 0.1) is 10.7 Å². The number of anilines is 1. The molecule has 1 aromatic carbocycles. The fourth-order valence-corrected chi connectivity index (χ4v) is 3.97. The average molecular weight is 412 g/mol. The molecule has 7 nitrogen and oxygen atoms in total. The number of benzene rings is 1. The summed E-state index contributed by atoms with van der Waals surface area (Å²) in [7, 11) is 0. The number of nitrogens with zero attached hydrogens (tertiary/aromatic N) is 1. The number of carboxylic acid groups (broad SMARTS) is 1. The van der Waals surface area contributed by atoms with E-state index in [-0.39, 0.29) is 18.3 Å². The number of aliphatic carboxylic acids is 1. The minimum absolute atomic E-state index is 0. The van der Waals surface area contributed by atoms with E-state index in [0.717, 1.165) is 36.6 Å². The van der Waals surface area contributed by atoms with Crippen molar-refractivity contribution < 1.29 is 19.4 Å². The third-order valence-electron chi connectivity index (χ3n) is 4.18. The summed E-state index contributed by atoms with van der Waals surface area (Å²) in [6, 6.07) is 6.61. The highest BCUT2D eigenvalue weighted by Gasteiger charge is 2.22. The highest BCUT2D eigenvalue weighted by molar-refractivity contribution is 7.14. The number of carbonyl (C=O) groups excluding carboxylic acids is 1. The van der Waals surface area contributed by atoms with Crippen molar-refractivity contribution in [1.29, 1.82) is 0 Å². The lowest BCUT2D eigenvalue weighted by Gasteiger charge is -2.20. The molecule has 0 spiro atoms. The molecule has 1 amide bonds. The second-order valence-corrected chi connectivity index (χ2v) is 7.18. The molecule has 1 fully saturated rings. The number of piperidine rings is 1. The molecule has 1 aliphatic heterocycles. The fraction of sp³-hybridized carbons (Fsp3) is 0.389. The van der Waals surface area contributed by atoms with Crippen molar-refractivity contribution in [2.24, 2.45) is 0 Å². The van der Waals surface area contributed by atoms with Crippen molar-refractivity contribution >= 4 is 41.3 Å². The van der Waals surface area contributed by atoms with Crippen LogP contribution in [0.2, 0.25) is 0 Å². The summed E-state index contributed by atoms with van der Waals surface area (Å²) in [5.41, 5.74) is 1.37. The molecule has 0 aliphatic carbocycles. The number of amides is 1. The standard InChI is InChI=1S/C18H21N3O4S.ClH/c1-11-16(26-18(20-11)12-6-8-19-9-7-12)17(24)21-13-2-4-14(5-3-13)25-10-15(22)23;/h2-5,12,19H,6-10H2,1H3,(H,21,24)(H,22,23);1H. The number of rotatable bonds is 6.